The molecule has 1 unspecified atom stereocenters. The Balaban J connectivity index is 2.53. The molecule has 15 heavy (non-hydrogen) atoms. The third kappa shape index (κ3) is 4.80. The highest BCUT2D eigenvalue weighted by Gasteiger charge is 2.03. The van der Waals surface area contributed by atoms with Gasteiger partial charge in [0, 0.05) is 27.2 Å². The molecule has 0 saturated carbocycles. The third-order valence-corrected chi connectivity index (χ3v) is 3.60. The van der Waals surface area contributed by atoms with Crippen molar-refractivity contribution < 1.29 is 0 Å². The summed E-state index contributed by atoms with van der Waals surface area (Å²) in [4.78, 5) is 0. The highest BCUT2D eigenvalue weighted by atomic mass is 127. The molecule has 0 aliphatic heterocycles. The van der Waals surface area contributed by atoms with Gasteiger partial charge in [-0.3, -0.25) is 0 Å². The molecule has 0 aromatic heterocycles. The molecule has 2 nitrogen and oxygen atoms in total. The highest BCUT2D eigenvalue weighted by molar-refractivity contribution is 14.1. The highest BCUT2D eigenvalue weighted by Crippen LogP contribution is 2.19. The first-order chi connectivity index (χ1) is 7.13. The molecule has 1 rings (SSSR count). The van der Waals surface area contributed by atoms with Gasteiger partial charge in [0.2, 0.25) is 0 Å². The topological polar surface area (TPSA) is 24.1 Å². The quantitative estimate of drug-likeness (QED) is 0.765. The van der Waals surface area contributed by atoms with Crippen molar-refractivity contribution in [2.24, 2.45) is 0 Å². The number of hydrogen-bond acceptors (Lipinski definition) is 2. The Morgan fingerprint density at radius 3 is 2.87 bits per heavy atom. The van der Waals surface area contributed by atoms with E-state index < -0.39 is 0 Å². The van der Waals surface area contributed by atoms with Gasteiger partial charge in [0.15, 0.2) is 0 Å². The number of rotatable bonds is 5. The first kappa shape index (κ1) is 13.4. The molecule has 0 aliphatic rings. The van der Waals surface area contributed by atoms with Crippen LogP contribution in [-0.2, 0) is 6.54 Å². The Hall–Kier alpha value is 0.350. The largest absolute Gasteiger partial charge is 0.318 e. The van der Waals surface area contributed by atoms with E-state index in [2.05, 4.69) is 74.3 Å². The van der Waals surface area contributed by atoms with Crippen molar-refractivity contribution >= 4 is 38.5 Å². The molecule has 1 atom stereocenters. The second-order valence-electron chi connectivity index (χ2n) is 3.58. The van der Waals surface area contributed by atoms with Gasteiger partial charge in [-0.25, -0.2) is 0 Å². The Labute approximate surface area is 113 Å². The predicted octanol–water partition coefficient (Wildman–Crippen LogP) is 2.75. The van der Waals surface area contributed by atoms with Gasteiger partial charge in [-0.15, -0.1) is 0 Å². The summed E-state index contributed by atoms with van der Waals surface area (Å²) >= 11 is 5.90. The van der Waals surface area contributed by atoms with E-state index >= 15 is 0 Å². The minimum Gasteiger partial charge on any atom is -0.318 e. The molecule has 0 aliphatic carbocycles. The van der Waals surface area contributed by atoms with Crippen LogP contribution in [0.5, 0.6) is 0 Å². The summed E-state index contributed by atoms with van der Waals surface area (Å²) in [7, 11) is 1.97. The van der Waals surface area contributed by atoms with Crippen LogP contribution in [0.4, 0.5) is 0 Å². The summed E-state index contributed by atoms with van der Waals surface area (Å²) in [5, 5.41) is 6.63. The van der Waals surface area contributed by atoms with E-state index in [1.165, 1.54) is 13.6 Å². The Kier molecular flexibility index (Phi) is 6.11. The lowest BCUT2D eigenvalue weighted by molar-refractivity contribution is 0.522. The van der Waals surface area contributed by atoms with Crippen LogP contribution in [-0.4, -0.2) is 19.6 Å². The van der Waals surface area contributed by atoms with Gasteiger partial charge >= 0.3 is 0 Å². The Morgan fingerprint density at radius 1 is 1.47 bits per heavy atom. The van der Waals surface area contributed by atoms with E-state index in [0.29, 0.717) is 6.04 Å². The molecule has 0 saturated heterocycles. The lowest BCUT2D eigenvalue weighted by Crippen LogP contribution is -2.34. The minimum absolute atomic E-state index is 0.486. The average molecular weight is 383 g/mol. The Morgan fingerprint density at radius 2 is 2.20 bits per heavy atom. The van der Waals surface area contributed by atoms with Crippen molar-refractivity contribution in [3.05, 3.63) is 31.8 Å². The summed E-state index contributed by atoms with van der Waals surface area (Å²) in [5.41, 5.74) is 1.31. The molecule has 1 aromatic rings. The molecule has 84 valence electrons. The molecule has 0 fully saturated rings. The Bertz CT molecular complexity index is 317. The minimum atomic E-state index is 0.486. The van der Waals surface area contributed by atoms with Crippen molar-refractivity contribution in [2.75, 3.05) is 13.6 Å². The molecular formula is C11H16BrIN2. The van der Waals surface area contributed by atoms with E-state index in [-0.39, 0.29) is 0 Å². The van der Waals surface area contributed by atoms with E-state index in [9.17, 15) is 0 Å². The van der Waals surface area contributed by atoms with Crippen LogP contribution in [0.2, 0.25) is 0 Å². The maximum Gasteiger partial charge on any atom is 0.0220 e. The lowest BCUT2D eigenvalue weighted by atomic mass is 10.2. The fourth-order valence-electron chi connectivity index (χ4n) is 1.34. The van der Waals surface area contributed by atoms with Crippen LogP contribution >= 0.6 is 38.5 Å². The number of halogens is 2. The smallest absolute Gasteiger partial charge is 0.0220 e. The second-order valence-corrected chi connectivity index (χ2v) is 5.68. The molecule has 0 radical (unpaired) electrons. The van der Waals surface area contributed by atoms with Crippen molar-refractivity contribution in [1.82, 2.24) is 10.6 Å². The van der Waals surface area contributed by atoms with E-state index in [4.69, 9.17) is 0 Å². The van der Waals surface area contributed by atoms with Crippen LogP contribution in [0.25, 0.3) is 0 Å². The summed E-state index contributed by atoms with van der Waals surface area (Å²) in [5.74, 6) is 0. The van der Waals surface area contributed by atoms with E-state index in [1.807, 2.05) is 7.05 Å². The van der Waals surface area contributed by atoms with E-state index in [1.54, 1.807) is 0 Å². The molecular weight excluding hydrogens is 367 g/mol. The maximum absolute atomic E-state index is 3.56. The van der Waals surface area contributed by atoms with Crippen molar-refractivity contribution in [2.45, 2.75) is 19.5 Å². The molecule has 0 bridgehead atoms. The zero-order chi connectivity index (χ0) is 11.3. The molecule has 0 heterocycles. The van der Waals surface area contributed by atoms with Crippen LogP contribution in [0.1, 0.15) is 12.5 Å². The normalized spacial score (nSPS) is 12.8. The zero-order valence-corrected chi connectivity index (χ0v) is 12.7. The number of benzene rings is 1. The van der Waals surface area contributed by atoms with Gasteiger partial charge in [0.25, 0.3) is 0 Å². The standard InChI is InChI=1S/C11H16BrIN2/c1-8(6-14-2)15-7-9-5-10(13)3-4-11(9)12/h3-5,8,14-15H,6-7H2,1-2H3. The third-order valence-electron chi connectivity index (χ3n) is 2.16. The summed E-state index contributed by atoms with van der Waals surface area (Å²) < 4.78 is 2.45. The molecule has 0 spiro atoms. The monoisotopic (exact) mass is 382 g/mol. The molecule has 4 heteroatoms. The SMILES string of the molecule is CNCC(C)NCc1cc(I)ccc1Br. The van der Waals surface area contributed by atoms with Crippen molar-refractivity contribution in [3.8, 4) is 0 Å². The van der Waals surface area contributed by atoms with Crippen LogP contribution in [0, 0.1) is 3.57 Å². The first-order valence-corrected chi connectivity index (χ1v) is 6.82. The van der Waals surface area contributed by atoms with Crippen LogP contribution in [0.15, 0.2) is 22.7 Å². The van der Waals surface area contributed by atoms with E-state index in [0.717, 1.165) is 13.1 Å². The van der Waals surface area contributed by atoms with Gasteiger partial charge in [0.05, 0.1) is 0 Å². The average Bonchev–Trinajstić information content (AvgIpc) is 2.20. The van der Waals surface area contributed by atoms with Crippen molar-refractivity contribution in [3.63, 3.8) is 0 Å². The van der Waals surface area contributed by atoms with Gasteiger partial charge in [-0.1, -0.05) is 15.9 Å². The van der Waals surface area contributed by atoms with Crippen molar-refractivity contribution in [1.29, 1.82) is 0 Å². The molecule has 1 aromatic carbocycles. The molecule has 2 N–H and O–H groups in total. The maximum atomic E-state index is 3.56. The summed E-state index contributed by atoms with van der Waals surface area (Å²) in [6, 6.07) is 6.89. The first-order valence-electron chi connectivity index (χ1n) is 4.95. The van der Waals surface area contributed by atoms with Crippen LogP contribution in [0.3, 0.4) is 0 Å². The lowest BCUT2D eigenvalue weighted by Gasteiger charge is -2.14. The number of likely N-dealkylation sites (N-methyl/N-ethyl adjacent to an activating group) is 1. The van der Waals surface area contributed by atoms with Gasteiger partial charge in [0.1, 0.15) is 0 Å². The predicted molar refractivity (Wildman–Crippen MR) is 77.1 cm³/mol. The fourth-order valence-corrected chi connectivity index (χ4v) is 2.28. The molecule has 0 amide bonds. The van der Waals surface area contributed by atoms with Gasteiger partial charge in [-0.2, -0.15) is 0 Å². The zero-order valence-electron chi connectivity index (χ0n) is 8.98. The number of nitrogens with one attached hydrogen (secondary N) is 2. The second kappa shape index (κ2) is 6.83. The summed E-state index contributed by atoms with van der Waals surface area (Å²) in [6.45, 7) is 4.07. The van der Waals surface area contributed by atoms with Crippen LogP contribution < -0.4 is 10.6 Å². The van der Waals surface area contributed by atoms with Gasteiger partial charge in [-0.05, 0) is 60.3 Å². The summed E-state index contributed by atoms with van der Waals surface area (Å²) in [6.07, 6.45) is 0. The number of hydrogen-bond donors (Lipinski definition) is 2. The van der Waals surface area contributed by atoms with Gasteiger partial charge < -0.3 is 10.6 Å². The fraction of sp³-hybridized carbons (Fsp3) is 0.455.